The number of amides is 1. The molecule has 1 amide bonds. The van der Waals surface area contributed by atoms with Gasteiger partial charge in [-0.05, 0) is 18.2 Å². The fourth-order valence-corrected chi connectivity index (χ4v) is 1.29. The van der Waals surface area contributed by atoms with Crippen LogP contribution in [0, 0.1) is 0 Å². The number of carbonyl (C=O) groups is 1. The predicted octanol–water partition coefficient (Wildman–Crippen LogP) is 1.36. The summed E-state index contributed by atoms with van der Waals surface area (Å²) in [7, 11) is 0. The molecule has 0 fully saturated rings. The second kappa shape index (κ2) is 4.04. The molecule has 2 heterocycles. The number of carbonyl (C=O) groups excluding carboxylic acids is 1. The third kappa shape index (κ3) is 2.10. The van der Waals surface area contributed by atoms with Gasteiger partial charge in [0, 0.05) is 12.6 Å². The summed E-state index contributed by atoms with van der Waals surface area (Å²) in [5.74, 6) is 0.555. The molecule has 0 aromatic carbocycles. The first-order valence-corrected chi connectivity index (χ1v) is 4.81. The van der Waals surface area contributed by atoms with Crippen molar-refractivity contribution in [3.05, 3.63) is 35.8 Å². The minimum atomic E-state index is -0.155. The molecular formula is C11H11N3O. The van der Waals surface area contributed by atoms with Crippen LogP contribution in [-0.2, 0) is 4.79 Å². The van der Waals surface area contributed by atoms with Gasteiger partial charge in [0.15, 0.2) is 0 Å². The van der Waals surface area contributed by atoms with Gasteiger partial charge in [0.05, 0.1) is 5.69 Å². The van der Waals surface area contributed by atoms with Gasteiger partial charge in [0.2, 0.25) is 0 Å². The molecule has 76 valence electrons. The van der Waals surface area contributed by atoms with Gasteiger partial charge < -0.3 is 5.32 Å². The number of amidine groups is 1. The summed E-state index contributed by atoms with van der Waals surface area (Å²) >= 11 is 0. The lowest BCUT2D eigenvalue weighted by atomic mass is 10.3. The summed E-state index contributed by atoms with van der Waals surface area (Å²) in [5.41, 5.74) is 1.16. The smallest absolute Gasteiger partial charge is 0.275 e. The zero-order chi connectivity index (χ0) is 10.7. The number of pyridine rings is 1. The molecular weight excluding hydrogens is 190 g/mol. The summed E-state index contributed by atoms with van der Waals surface area (Å²) in [6.07, 6.45) is 4.09. The zero-order valence-corrected chi connectivity index (χ0v) is 8.40. The Morgan fingerprint density at radius 2 is 2.33 bits per heavy atom. The topological polar surface area (TPSA) is 54.4 Å². The Morgan fingerprint density at radius 3 is 2.93 bits per heavy atom. The molecule has 2 rings (SSSR count). The van der Waals surface area contributed by atoms with Crippen molar-refractivity contribution in [3.8, 4) is 0 Å². The summed E-state index contributed by atoms with van der Waals surface area (Å²) < 4.78 is 0. The van der Waals surface area contributed by atoms with Crippen LogP contribution in [0.15, 0.2) is 35.1 Å². The Balaban J connectivity index is 2.28. The van der Waals surface area contributed by atoms with Crippen LogP contribution in [0.5, 0.6) is 0 Å². The fraction of sp³-hybridized carbons (Fsp3) is 0.182. The van der Waals surface area contributed by atoms with Crippen LogP contribution in [0.1, 0.15) is 19.0 Å². The Morgan fingerprint density at radius 1 is 1.47 bits per heavy atom. The van der Waals surface area contributed by atoms with Crippen molar-refractivity contribution in [2.75, 3.05) is 0 Å². The van der Waals surface area contributed by atoms with E-state index < -0.39 is 0 Å². The minimum absolute atomic E-state index is 0.155. The van der Waals surface area contributed by atoms with Crippen LogP contribution in [0.25, 0.3) is 6.08 Å². The molecule has 1 aliphatic rings. The number of aromatic nitrogens is 1. The van der Waals surface area contributed by atoms with Crippen molar-refractivity contribution in [3.63, 3.8) is 0 Å². The first-order valence-electron chi connectivity index (χ1n) is 4.81. The fourth-order valence-electron chi connectivity index (χ4n) is 1.29. The van der Waals surface area contributed by atoms with Gasteiger partial charge in [-0.2, -0.15) is 0 Å². The van der Waals surface area contributed by atoms with Crippen LogP contribution in [0.3, 0.4) is 0 Å². The molecule has 0 atom stereocenters. The van der Waals surface area contributed by atoms with Crippen molar-refractivity contribution in [2.24, 2.45) is 4.99 Å². The number of nitrogens with one attached hydrogen (secondary N) is 1. The molecule has 1 aromatic rings. The second-order valence-corrected chi connectivity index (χ2v) is 3.15. The van der Waals surface area contributed by atoms with Crippen molar-refractivity contribution in [2.45, 2.75) is 13.3 Å². The van der Waals surface area contributed by atoms with Crippen molar-refractivity contribution in [1.29, 1.82) is 0 Å². The van der Waals surface area contributed by atoms with E-state index in [1.807, 2.05) is 25.1 Å². The number of nitrogens with zero attached hydrogens (tertiary/aromatic N) is 2. The quantitative estimate of drug-likeness (QED) is 0.734. The maximum Gasteiger partial charge on any atom is 0.275 e. The summed E-state index contributed by atoms with van der Waals surface area (Å²) in [5, 5.41) is 2.69. The van der Waals surface area contributed by atoms with E-state index in [-0.39, 0.29) is 5.91 Å². The number of rotatable bonds is 2. The lowest BCUT2D eigenvalue weighted by Gasteiger charge is -1.92. The summed E-state index contributed by atoms with van der Waals surface area (Å²) in [4.78, 5) is 19.7. The second-order valence-electron chi connectivity index (χ2n) is 3.15. The molecule has 0 bridgehead atoms. The van der Waals surface area contributed by atoms with Gasteiger partial charge in [-0.3, -0.25) is 9.78 Å². The van der Waals surface area contributed by atoms with Crippen molar-refractivity contribution >= 4 is 17.8 Å². The lowest BCUT2D eigenvalue weighted by molar-refractivity contribution is -0.115. The molecule has 0 aliphatic carbocycles. The SMILES string of the molecule is CCC1=N/C(=C/c2ccccn2)C(=O)N1. The third-order valence-electron chi connectivity index (χ3n) is 2.05. The Labute approximate surface area is 87.8 Å². The van der Waals surface area contributed by atoms with E-state index in [4.69, 9.17) is 0 Å². The molecule has 0 spiro atoms. The van der Waals surface area contributed by atoms with E-state index in [1.54, 1.807) is 12.3 Å². The van der Waals surface area contributed by atoms with E-state index in [9.17, 15) is 4.79 Å². The molecule has 1 aromatic heterocycles. The van der Waals surface area contributed by atoms with E-state index in [2.05, 4.69) is 15.3 Å². The minimum Gasteiger partial charge on any atom is -0.309 e. The third-order valence-corrected chi connectivity index (χ3v) is 2.05. The molecule has 4 heteroatoms. The summed E-state index contributed by atoms with van der Waals surface area (Å²) in [6.45, 7) is 1.95. The molecule has 15 heavy (non-hydrogen) atoms. The molecule has 4 nitrogen and oxygen atoms in total. The standard InChI is InChI=1S/C11H11N3O/c1-2-10-13-9(11(15)14-10)7-8-5-3-4-6-12-8/h3-7H,2H2,1H3,(H,13,14,15)/b9-7+. The Hall–Kier alpha value is -1.97. The maximum absolute atomic E-state index is 11.4. The van der Waals surface area contributed by atoms with Crippen LogP contribution in [0.2, 0.25) is 0 Å². The monoisotopic (exact) mass is 201 g/mol. The highest BCUT2D eigenvalue weighted by Gasteiger charge is 2.18. The molecule has 0 radical (unpaired) electrons. The van der Waals surface area contributed by atoms with Gasteiger partial charge in [0.25, 0.3) is 5.91 Å². The van der Waals surface area contributed by atoms with Crippen molar-refractivity contribution in [1.82, 2.24) is 10.3 Å². The van der Waals surface area contributed by atoms with E-state index in [0.717, 1.165) is 12.1 Å². The lowest BCUT2D eigenvalue weighted by Crippen LogP contribution is -2.23. The van der Waals surface area contributed by atoms with Crippen molar-refractivity contribution < 1.29 is 4.79 Å². The highest BCUT2D eigenvalue weighted by Crippen LogP contribution is 2.10. The first-order chi connectivity index (χ1) is 7.29. The average molecular weight is 201 g/mol. The zero-order valence-electron chi connectivity index (χ0n) is 8.40. The molecule has 0 saturated carbocycles. The van der Waals surface area contributed by atoms with Gasteiger partial charge in [-0.25, -0.2) is 4.99 Å². The molecule has 1 aliphatic heterocycles. The molecule has 0 saturated heterocycles. The van der Waals surface area contributed by atoms with Gasteiger partial charge in [-0.15, -0.1) is 0 Å². The first kappa shape index (κ1) is 9.58. The average Bonchev–Trinajstić information content (AvgIpc) is 2.61. The Bertz CT molecular complexity index is 434. The van der Waals surface area contributed by atoms with Gasteiger partial charge in [0.1, 0.15) is 11.5 Å². The van der Waals surface area contributed by atoms with Crippen LogP contribution < -0.4 is 5.32 Å². The number of aliphatic imine (C=N–C) groups is 1. The Kier molecular flexibility index (Phi) is 2.58. The van der Waals surface area contributed by atoms with E-state index in [0.29, 0.717) is 11.5 Å². The highest BCUT2D eigenvalue weighted by atomic mass is 16.2. The highest BCUT2D eigenvalue weighted by molar-refractivity contribution is 6.14. The normalized spacial score (nSPS) is 17.8. The van der Waals surface area contributed by atoms with Crippen LogP contribution in [-0.4, -0.2) is 16.7 Å². The predicted molar refractivity (Wildman–Crippen MR) is 58.1 cm³/mol. The van der Waals surface area contributed by atoms with Gasteiger partial charge >= 0.3 is 0 Å². The number of hydrogen-bond donors (Lipinski definition) is 1. The largest absolute Gasteiger partial charge is 0.309 e. The van der Waals surface area contributed by atoms with Crippen LogP contribution in [0.4, 0.5) is 0 Å². The molecule has 1 N–H and O–H groups in total. The van der Waals surface area contributed by atoms with Crippen LogP contribution >= 0.6 is 0 Å². The summed E-state index contributed by atoms with van der Waals surface area (Å²) in [6, 6.07) is 5.54. The number of hydrogen-bond acceptors (Lipinski definition) is 3. The van der Waals surface area contributed by atoms with E-state index in [1.165, 1.54) is 0 Å². The maximum atomic E-state index is 11.4. The van der Waals surface area contributed by atoms with Gasteiger partial charge in [-0.1, -0.05) is 13.0 Å². The molecule has 0 unspecified atom stereocenters. The van der Waals surface area contributed by atoms with E-state index >= 15 is 0 Å².